The average molecular weight is 266 g/mol. The lowest BCUT2D eigenvalue weighted by molar-refractivity contribution is 0.843. The smallest absolute Gasteiger partial charge is 0.0143 e. The van der Waals surface area contributed by atoms with E-state index in [9.17, 15) is 0 Å². The summed E-state index contributed by atoms with van der Waals surface area (Å²) in [4.78, 5) is 0. The summed E-state index contributed by atoms with van der Waals surface area (Å²) in [6.45, 7) is 12.9. The highest BCUT2D eigenvalue weighted by Crippen LogP contribution is 2.18. The Hall–Kier alpha value is -1.56. The molecule has 0 bridgehead atoms. The van der Waals surface area contributed by atoms with Gasteiger partial charge in [0.2, 0.25) is 0 Å². The quantitative estimate of drug-likeness (QED) is 0.641. The second-order valence-electron chi connectivity index (χ2n) is 5.97. The van der Waals surface area contributed by atoms with Gasteiger partial charge in [0, 0.05) is 0 Å². The Morgan fingerprint density at radius 2 is 1.40 bits per heavy atom. The molecule has 0 saturated carbocycles. The lowest BCUT2D eigenvalue weighted by Crippen LogP contribution is -1.90. The third-order valence-corrected chi connectivity index (χ3v) is 3.23. The predicted molar refractivity (Wildman–Crippen MR) is 88.2 cm³/mol. The molecule has 0 heterocycles. The van der Waals surface area contributed by atoms with E-state index in [1.54, 1.807) is 0 Å². The molecule has 0 spiro atoms. The Bertz CT molecular complexity index is 460. The maximum atomic E-state index is 3.32. The van der Waals surface area contributed by atoms with E-state index in [-0.39, 0.29) is 0 Å². The van der Waals surface area contributed by atoms with Gasteiger partial charge in [0.15, 0.2) is 0 Å². The second-order valence-corrected chi connectivity index (χ2v) is 5.97. The molecule has 0 amide bonds. The zero-order valence-corrected chi connectivity index (χ0v) is 13.6. The van der Waals surface area contributed by atoms with E-state index in [2.05, 4.69) is 77.9 Å². The maximum Gasteiger partial charge on any atom is -0.0143 e. The first-order chi connectivity index (χ1) is 9.40. The molecule has 0 aromatic heterocycles. The van der Waals surface area contributed by atoms with Gasteiger partial charge in [0.25, 0.3) is 0 Å². The monoisotopic (exact) mass is 266 g/mol. The Balaban J connectivity index is 0.000000217. The number of hydrogen-bond donors (Lipinski definition) is 0. The topological polar surface area (TPSA) is 0 Å². The maximum absolute atomic E-state index is 3.32. The van der Waals surface area contributed by atoms with Crippen LogP contribution in [0.2, 0.25) is 0 Å². The predicted octanol–water partition coefficient (Wildman–Crippen LogP) is 5.84. The second kappa shape index (κ2) is 7.89. The standard InChI is InChI=1S/C12H17.C8H9/c1-9(2)11-5-7-12(8-6-11)10(3)4;1-7-4-3-5-8(2)6-7/h5-7,9-10H,1-4H3;4-6H,1-2H3. The molecule has 0 nitrogen and oxygen atoms in total. The van der Waals surface area contributed by atoms with Crippen molar-refractivity contribution in [3.05, 3.63) is 70.8 Å². The molecule has 0 atom stereocenters. The minimum Gasteiger partial charge on any atom is -0.0587 e. The summed E-state index contributed by atoms with van der Waals surface area (Å²) in [5, 5.41) is 0. The lowest BCUT2D eigenvalue weighted by atomic mass is 9.97. The van der Waals surface area contributed by atoms with E-state index in [1.165, 1.54) is 22.3 Å². The highest BCUT2D eigenvalue weighted by atomic mass is 14.1. The fourth-order valence-electron chi connectivity index (χ4n) is 1.91. The highest BCUT2D eigenvalue weighted by molar-refractivity contribution is 5.25. The molecule has 2 radical (unpaired) electrons. The molecule has 0 unspecified atom stereocenters. The van der Waals surface area contributed by atoms with Gasteiger partial charge in [-0.05, 0) is 48.9 Å². The lowest BCUT2D eigenvalue weighted by Gasteiger charge is -2.08. The van der Waals surface area contributed by atoms with E-state index in [4.69, 9.17) is 0 Å². The summed E-state index contributed by atoms with van der Waals surface area (Å²) >= 11 is 0. The van der Waals surface area contributed by atoms with E-state index >= 15 is 0 Å². The molecule has 0 aliphatic heterocycles. The van der Waals surface area contributed by atoms with Crippen LogP contribution in [0.4, 0.5) is 0 Å². The van der Waals surface area contributed by atoms with Crippen LogP contribution in [0.25, 0.3) is 0 Å². The van der Waals surface area contributed by atoms with Gasteiger partial charge >= 0.3 is 0 Å². The summed E-state index contributed by atoms with van der Waals surface area (Å²) in [5.74, 6) is 1.20. The summed E-state index contributed by atoms with van der Waals surface area (Å²) in [6.07, 6.45) is 0. The van der Waals surface area contributed by atoms with E-state index in [0.29, 0.717) is 11.8 Å². The highest BCUT2D eigenvalue weighted by Gasteiger charge is 2.01. The van der Waals surface area contributed by atoms with Crippen LogP contribution in [0.5, 0.6) is 0 Å². The zero-order valence-electron chi connectivity index (χ0n) is 13.6. The van der Waals surface area contributed by atoms with E-state index in [0.717, 1.165) is 0 Å². The molecule has 0 fully saturated rings. The first kappa shape index (κ1) is 16.5. The summed E-state index contributed by atoms with van der Waals surface area (Å²) in [5.41, 5.74) is 5.24. The summed E-state index contributed by atoms with van der Waals surface area (Å²) in [6, 6.07) is 18.9. The molecule has 0 aliphatic rings. The van der Waals surface area contributed by atoms with Crippen LogP contribution in [-0.4, -0.2) is 0 Å². The Kier molecular flexibility index (Phi) is 6.51. The van der Waals surface area contributed by atoms with Gasteiger partial charge in [-0.3, -0.25) is 0 Å². The molecule has 106 valence electrons. The third-order valence-electron chi connectivity index (χ3n) is 3.23. The van der Waals surface area contributed by atoms with Crippen LogP contribution in [0, 0.1) is 26.0 Å². The molecule has 2 rings (SSSR count). The summed E-state index contributed by atoms with van der Waals surface area (Å²) < 4.78 is 0. The number of hydrogen-bond acceptors (Lipinski definition) is 0. The first-order valence-electron chi connectivity index (χ1n) is 7.36. The average Bonchev–Trinajstić information content (AvgIpc) is 2.39. The van der Waals surface area contributed by atoms with Crippen molar-refractivity contribution in [2.45, 2.75) is 53.4 Å². The van der Waals surface area contributed by atoms with Crippen molar-refractivity contribution in [3.8, 4) is 0 Å². The van der Waals surface area contributed by atoms with Gasteiger partial charge in [-0.1, -0.05) is 75.2 Å². The molecule has 20 heavy (non-hydrogen) atoms. The van der Waals surface area contributed by atoms with Gasteiger partial charge in [0.05, 0.1) is 0 Å². The van der Waals surface area contributed by atoms with Crippen LogP contribution in [0.1, 0.15) is 61.8 Å². The number of benzene rings is 2. The van der Waals surface area contributed by atoms with Gasteiger partial charge in [-0.15, -0.1) is 0 Å². The molecular weight excluding hydrogens is 240 g/mol. The van der Waals surface area contributed by atoms with Crippen LogP contribution < -0.4 is 0 Å². The van der Waals surface area contributed by atoms with Gasteiger partial charge in [-0.25, -0.2) is 0 Å². The summed E-state index contributed by atoms with van der Waals surface area (Å²) in [7, 11) is 0. The van der Waals surface area contributed by atoms with Crippen LogP contribution in [-0.2, 0) is 0 Å². The SMILES string of the molecule is CC(C)c1[c]cc(C(C)C)cc1.Cc1c[c]cc(C)c1. The zero-order chi connectivity index (χ0) is 15.1. The third kappa shape index (κ3) is 5.61. The molecular formula is C20H26. The van der Waals surface area contributed by atoms with Crippen molar-refractivity contribution in [2.75, 3.05) is 0 Å². The van der Waals surface area contributed by atoms with Crippen molar-refractivity contribution in [1.29, 1.82) is 0 Å². The molecule has 0 aliphatic carbocycles. The van der Waals surface area contributed by atoms with E-state index in [1.807, 2.05) is 12.1 Å². The van der Waals surface area contributed by atoms with Crippen molar-refractivity contribution < 1.29 is 0 Å². The number of aryl methyl sites for hydroxylation is 2. The van der Waals surface area contributed by atoms with E-state index < -0.39 is 0 Å². The fourth-order valence-corrected chi connectivity index (χ4v) is 1.91. The number of rotatable bonds is 2. The Morgan fingerprint density at radius 1 is 0.800 bits per heavy atom. The van der Waals surface area contributed by atoms with Crippen molar-refractivity contribution >= 4 is 0 Å². The Labute approximate surface area is 124 Å². The first-order valence-corrected chi connectivity index (χ1v) is 7.36. The van der Waals surface area contributed by atoms with Gasteiger partial charge < -0.3 is 0 Å². The fraction of sp³-hybridized carbons (Fsp3) is 0.400. The normalized spacial score (nSPS) is 10.4. The van der Waals surface area contributed by atoms with Crippen molar-refractivity contribution in [1.82, 2.24) is 0 Å². The molecule has 0 N–H and O–H groups in total. The molecule has 2 aromatic rings. The molecule has 0 saturated heterocycles. The van der Waals surface area contributed by atoms with Crippen molar-refractivity contribution in [3.63, 3.8) is 0 Å². The van der Waals surface area contributed by atoms with Gasteiger partial charge in [-0.2, -0.15) is 0 Å². The van der Waals surface area contributed by atoms with Crippen LogP contribution in [0.15, 0.2) is 36.4 Å². The minimum atomic E-state index is 0.589. The minimum absolute atomic E-state index is 0.589. The van der Waals surface area contributed by atoms with Crippen molar-refractivity contribution in [2.24, 2.45) is 0 Å². The van der Waals surface area contributed by atoms with Crippen LogP contribution >= 0.6 is 0 Å². The molecule has 0 heteroatoms. The molecule has 2 aromatic carbocycles. The largest absolute Gasteiger partial charge is 0.0587 e. The Morgan fingerprint density at radius 3 is 1.70 bits per heavy atom. The van der Waals surface area contributed by atoms with Gasteiger partial charge in [0.1, 0.15) is 0 Å². The van der Waals surface area contributed by atoms with Crippen LogP contribution in [0.3, 0.4) is 0 Å².